The molecule has 84 valence electrons. The number of sulfone groups is 1. The summed E-state index contributed by atoms with van der Waals surface area (Å²) in [7, 11) is -8.59. The highest BCUT2D eigenvalue weighted by atomic mass is 35.5. The number of halogens is 1. The Hall–Kier alpha value is -0.390. The van der Waals surface area contributed by atoms with E-state index in [1.165, 1.54) is 18.2 Å². The normalized spacial score (nSPS) is 12.7. The largest absolute Gasteiger partial charge is 0.340 e. The zero-order valence-corrected chi connectivity index (χ0v) is 9.84. The van der Waals surface area contributed by atoms with Crippen molar-refractivity contribution in [3.05, 3.63) is 29.3 Å². The second-order valence-electron chi connectivity index (χ2n) is 2.87. The van der Waals surface area contributed by atoms with Crippen molar-refractivity contribution in [2.24, 2.45) is 0 Å². The number of rotatable bonds is 3. The number of hydrogen-bond acceptors (Lipinski definition) is 3. The van der Waals surface area contributed by atoms with Crippen LogP contribution in [-0.2, 0) is 14.4 Å². The first-order valence-corrected chi connectivity index (χ1v) is 7.56. The molecular formula is C7H8ClO5PS. The second-order valence-corrected chi connectivity index (χ2v) is 7.37. The fraction of sp³-hybridized carbons (Fsp3) is 0.143. The Labute approximate surface area is 91.8 Å². The summed E-state index contributed by atoms with van der Waals surface area (Å²) < 4.78 is 33.5. The molecule has 0 saturated carbocycles. The Morgan fingerprint density at radius 2 is 1.93 bits per heavy atom. The van der Waals surface area contributed by atoms with E-state index in [2.05, 4.69) is 0 Å². The van der Waals surface area contributed by atoms with Crippen molar-refractivity contribution in [1.82, 2.24) is 0 Å². The van der Waals surface area contributed by atoms with Crippen LogP contribution in [0.15, 0.2) is 29.2 Å². The zero-order valence-electron chi connectivity index (χ0n) is 7.37. The topological polar surface area (TPSA) is 91.7 Å². The van der Waals surface area contributed by atoms with Gasteiger partial charge in [-0.3, -0.25) is 4.57 Å². The highest BCUT2D eigenvalue weighted by molar-refractivity contribution is 7.97. The van der Waals surface area contributed by atoms with Crippen LogP contribution in [-0.4, -0.2) is 23.7 Å². The summed E-state index contributed by atoms with van der Waals surface area (Å²) in [6.07, 6.45) is 0. The van der Waals surface area contributed by atoms with Gasteiger partial charge in [0, 0.05) is 5.02 Å². The summed E-state index contributed by atoms with van der Waals surface area (Å²) in [6, 6.07) is 5.25. The van der Waals surface area contributed by atoms with Crippen molar-refractivity contribution >= 4 is 29.0 Å². The lowest BCUT2D eigenvalue weighted by atomic mass is 10.4. The fourth-order valence-electron chi connectivity index (χ4n) is 0.956. The highest BCUT2D eigenvalue weighted by Crippen LogP contribution is 2.38. The van der Waals surface area contributed by atoms with E-state index in [1.807, 2.05) is 0 Å². The first-order valence-electron chi connectivity index (χ1n) is 3.74. The van der Waals surface area contributed by atoms with Crippen molar-refractivity contribution in [2.75, 3.05) is 5.49 Å². The van der Waals surface area contributed by atoms with Gasteiger partial charge in [-0.25, -0.2) is 8.42 Å². The van der Waals surface area contributed by atoms with Crippen LogP contribution in [0.25, 0.3) is 0 Å². The molecule has 2 N–H and O–H groups in total. The van der Waals surface area contributed by atoms with E-state index >= 15 is 0 Å². The van der Waals surface area contributed by atoms with Crippen molar-refractivity contribution in [2.45, 2.75) is 4.90 Å². The van der Waals surface area contributed by atoms with Crippen molar-refractivity contribution in [1.29, 1.82) is 0 Å². The van der Waals surface area contributed by atoms with Gasteiger partial charge in [0.25, 0.3) is 0 Å². The molecule has 0 aliphatic heterocycles. The van der Waals surface area contributed by atoms with Crippen LogP contribution in [0.1, 0.15) is 0 Å². The molecule has 0 aliphatic carbocycles. The van der Waals surface area contributed by atoms with Gasteiger partial charge in [-0.15, -0.1) is 0 Å². The van der Waals surface area contributed by atoms with Gasteiger partial charge >= 0.3 is 7.60 Å². The summed E-state index contributed by atoms with van der Waals surface area (Å²) in [5.41, 5.74) is -1.21. The third kappa shape index (κ3) is 3.93. The van der Waals surface area contributed by atoms with Gasteiger partial charge < -0.3 is 9.79 Å². The first-order chi connectivity index (χ1) is 6.71. The molecule has 0 radical (unpaired) electrons. The molecule has 5 nitrogen and oxygen atoms in total. The first kappa shape index (κ1) is 12.7. The van der Waals surface area contributed by atoms with Crippen LogP contribution in [0.5, 0.6) is 0 Å². The Balaban J connectivity index is 3.13. The third-order valence-corrected chi connectivity index (χ3v) is 5.41. The Morgan fingerprint density at radius 1 is 1.33 bits per heavy atom. The molecule has 8 heteroatoms. The van der Waals surface area contributed by atoms with Gasteiger partial charge in [0.05, 0.1) is 4.90 Å². The smallest absolute Gasteiger partial charge is 0.324 e. The predicted molar refractivity (Wildman–Crippen MR) is 55.5 cm³/mol. The molecule has 0 saturated heterocycles. The van der Waals surface area contributed by atoms with E-state index in [-0.39, 0.29) is 9.92 Å². The minimum Gasteiger partial charge on any atom is -0.324 e. The molecule has 0 aromatic heterocycles. The maximum absolute atomic E-state index is 11.4. The van der Waals surface area contributed by atoms with Gasteiger partial charge in [0.1, 0.15) is 0 Å². The number of hydrogen-bond donors (Lipinski definition) is 2. The standard InChI is InChI=1S/C7H8ClO5PS/c8-6-2-1-3-7(4-6)15(12,13)5-14(9,10)11/h1-4H,5H2,(H2,9,10,11). The molecule has 0 unspecified atom stereocenters. The van der Waals surface area contributed by atoms with Gasteiger partial charge in [0.2, 0.25) is 0 Å². The lowest BCUT2D eigenvalue weighted by Gasteiger charge is -2.05. The molecule has 15 heavy (non-hydrogen) atoms. The third-order valence-electron chi connectivity index (χ3n) is 1.49. The van der Waals surface area contributed by atoms with Crippen LogP contribution in [0.4, 0.5) is 0 Å². The van der Waals surface area contributed by atoms with Crippen LogP contribution < -0.4 is 0 Å². The zero-order chi connectivity index (χ0) is 11.7. The maximum atomic E-state index is 11.4. The van der Waals surface area contributed by atoms with Gasteiger partial charge in [-0.1, -0.05) is 17.7 Å². The molecule has 0 fully saturated rings. The summed E-state index contributed by atoms with van der Waals surface area (Å²) in [6.45, 7) is 0. The predicted octanol–water partition coefficient (Wildman–Crippen LogP) is 1.25. The Kier molecular flexibility index (Phi) is 3.58. The lowest BCUT2D eigenvalue weighted by Crippen LogP contribution is -2.06. The second kappa shape index (κ2) is 4.23. The van der Waals surface area contributed by atoms with E-state index in [4.69, 9.17) is 21.4 Å². The lowest BCUT2D eigenvalue weighted by molar-refractivity contribution is 0.378. The maximum Gasteiger partial charge on any atom is 0.340 e. The van der Waals surface area contributed by atoms with Gasteiger partial charge in [-0.2, -0.15) is 0 Å². The van der Waals surface area contributed by atoms with E-state index in [9.17, 15) is 13.0 Å². The van der Waals surface area contributed by atoms with Crippen molar-refractivity contribution < 1.29 is 22.8 Å². The van der Waals surface area contributed by atoms with E-state index < -0.39 is 22.9 Å². The molecule has 0 spiro atoms. The summed E-state index contributed by atoms with van der Waals surface area (Å²) in [5.74, 6) is 0. The van der Waals surface area contributed by atoms with E-state index in [0.29, 0.717) is 0 Å². The molecule has 1 aromatic carbocycles. The highest BCUT2D eigenvalue weighted by Gasteiger charge is 2.26. The van der Waals surface area contributed by atoms with Crippen LogP contribution in [0.2, 0.25) is 5.02 Å². The minimum absolute atomic E-state index is 0.196. The van der Waals surface area contributed by atoms with Crippen LogP contribution in [0.3, 0.4) is 0 Å². The summed E-state index contributed by atoms with van der Waals surface area (Å²) in [5, 5.41) is 0.196. The summed E-state index contributed by atoms with van der Waals surface area (Å²) in [4.78, 5) is 17.0. The SMILES string of the molecule is O=P(O)(O)CS(=O)(=O)c1cccc(Cl)c1. The Bertz CT molecular complexity index is 506. The molecule has 0 heterocycles. The Morgan fingerprint density at radius 3 is 2.40 bits per heavy atom. The van der Waals surface area contributed by atoms with E-state index in [1.54, 1.807) is 0 Å². The van der Waals surface area contributed by atoms with Crippen LogP contribution >= 0.6 is 19.2 Å². The average molecular weight is 271 g/mol. The number of benzene rings is 1. The molecule has 1 rings (SSSR count). The van der Waals surface area contributed by atoms with Gasteiger partial charge in [-0.05, 0) is 18.2 Å². The molecule has 0 atom stereocenters. The molecule has 0 bridgehead atoms. The average Bonchev–Trinajstić information content (AvgIpc) is 1.99. The molecule has 0 aliphatic rings. The quantitative estimate of drug-likeness (QED) is 0.807. The molecule has 1 aromatic rings. The van der Waals surface area contributed by atoms with Crippen molar-refractivity contribution in [3.63, 3.8) is 0 Å². The van der Waals surface area contributed by atoms with Gasteiger partial charge in [0.15, 0.2) is 15.3 Å². The monoisotopic (exact) mass is 270 g/mol. The fourth-order valence-corrected chi connectivity index (χ4v) is 4.17. The minimum atomic E-state index is -4.60. The van der Waals surface area contributed by atoms with Crippen molar-refractivity contribution in [3.8, 4) is 0 Å². The van der Waals surface area contributed by atoms with Crippen LogP contribution in [0, 0.1) is 0 Å². The molecule has 0 amide bonds. The summed E-state index contributed by atoms with van der Waals surface area (Å²) >= 11 is 5.56. The molecular weight excluding hydrogens is 263 g/mol. The van der Waals surface area contributed by atoms with E-state index in [0.717, 1.165) is 6.07 Å².